The van der Waals surface area contributed by atoms with Gasteiger partial charge in [-0.25, -0.2) is 5.43 Å². The van der Waals surface area contributed by atoms with Gasteiger partial charge in [-0.05, 0) is 18.6 Å². The summed E-state index contributed by atoms with van der Waals surface area (Å²) in [6.45, 7) is 1.43. The SMILES string of the molecule is Cc1c(C=NNC(=O)c2ccccc2[N+](=O)[O-])c(O)[nH]c(=O)c1C#N. The standard InChI is InChI=1S/C15H11N5O5/c1-8-10(6-16)13(21)18-14(22)11(8)7-17-19-15(23)9-4-2-3-5-12(9)20(24)25/h2-5,7H,1H3,(H,19,23)(H2,18,21,22). The lowest BCUT2D eigenvalue weighted by atomic mass is 10.1. The van der Waals surface area contributed by atoms with Crippen LogP contribution in [0.1, 0.15) is 27.0 Å². The molecule has 0 aliphatic rings. The molecule has 25 heavy (non-hydrogen) atoms. The van der Waals surface area contributed by atoms with Crippen LogP contribution in [0.4, 0.5) is 5.69 Å². The molecule has 1 amide bonds. The first kappa shape index (κ1) is 17.4. The minimum absolute atomic E-state index is 0.0269. The maximum atomic E-state index is 12.0. The van der Waals surface area contributed by atoms with E-state index in [4.69, 9.17) is 5.26 Å². The van der Waals surface area contributed by atoms with Crippen LogP contribution < -0.4 is 11.0 Å². The molecular formula is C15H11N5O5. The summed E-state index contributed by atoms with van der Waals surface area (Å²) in [6.07, 6.45) is 1.02. The number of hydrogen-bond acceptors (Lipinski definition) is 7. The molecule has 0 aliphatic carbocycles. The van der Waals surface area contributed by atoms with E-state index in [1.54, 1.807) is 6.07 Å². The van der Waals surface area contributed by atoms with Crippen molar-refractivity contribution in [1.29, 1.82) is 5.26 Å². The fourth-order valence-electron chi connectivity index (χ4n) is 2.05. The van der Waals surface area contributed by atoms with Gasteiger partial charge in [0.25, 0.3) is 17.2 Å². The predicted octanol–water partition coefficient (Wildman–Crippen LogP) is 0.933. The molecule has 0 unspecified atom stereocenters. The second kappa shape index (κ2) is 7.05. The third kappa shape index (κ3) is 3.50. The van der Waals surface area contributed by atoms with Crippen molar-refractivity contribution < 1.29 is 14.8 Å². The number of nitriles is 1. The van der Waals surface area contributed by atoms with Crippen molar-refractivity contribution in [2.24, 2.45) is 5.10 Å². The van der Waals surface area contributed by atoms with Crippen molar-refractivity contribution in [2.75, 3.05) is 0 Å². The highest BCUT2D eigenvalue weighted by Crippen LogP contribution is 2.18. The fourth-order valence-corrected chi connectivity index (χ4v) is 2.05. The van der Waals surface area contributed by atoms with Crippen molar-refractivity contribution in [1.82, 2.24) is 10.4 Å². The normalized spacial score (nSPS) is 10.4. The van der Waals surface area contributed by atoms with Crippen molar-refractivity contribution >= 4 is 17.8 Å². The Kier molecular flexibility index (Phi) is 4.89. The van der Waals surface area contributed by atoms with Crippen molar-refractivity contribution in [3.05, 3.63) is 67.0 Å². The molecule has 10 heteroatoms. The van der Waals surface area contributed by atoms with Gasteiger partial charge in [0.2, 0.25) is 5.88 Å². The number of aromatic hydroxyl groups is 1. The number of H-pyrrole nitrogens is 1. The van der Waals surface area contributed by atoms with E-state index in [0.717, 1.165) is 6.21 Å². The van der Waals surface area contributed by atoms with E-state index in [2.05, 4.69) is 15.5 Å². The molecule has 0 aliphatic heterocycles. The quantitative estimate of drug-likeness (QED) is 0.426. The minimum atomic E-state index is -0.828. The monoisotopic (exact) mass is 341 g/mol. The zero-order valence-corrected chi connectivity index (χ0v) is 12.8. The number of nitrogens with zero attached hydrogens (tertiary/aromatic N) is 3. The lowest BCUT2D eigenvalue weighted by Gasteiger charge is -2.05. The number of amides is 1. The second-order valence-electron chi connectivity index (χ2n) is 4.80. The maximum absolute atomic E-state index is 12.0. The Morgan fingerprint density at radius 1 is 1.48 bits per heavy atom. The summed E-state index contributed by atoms with van der Waals surface area (Å²) in [7, 11) is 0. The Morgan fingerprint density at radius 2 is 2.16 bits per heavy atom. The fraction of sp³-hybridized carbons (Fsp3) is 0.0667. The molecule has 1 heterocycles. The number of carbonyl (C=O) groups is 1. The first-order valence-corrected chi connectivity index (χ1v) is 6.79. The highest BCUT2D eigenvalue weighted by molar-refractivity contribution is 5.98. The molecule has 0 saturated heterocycles. The van der Waals surface area contributed by atoms with Gasteiger partial charge >= 0.3 is 0 Å². The number of nitrogens with one attached hydrogen (secondary N) is 2. The van der Waals surface area contributed by atoms with E-state index in [9.17, 15) is 24.8 Å². The Labute approximate surface area is 140 Å². The Hall–Kier alpha value is -4.00. The molecule has 0 fully saturated rings. The number of nitro groups is 1. The van der Waals surface area contributed by atoms with Crippen LogP contribution in [0.3, 0.4) is 0 Å². The van der Waals surface area contributed by atoms with E-state index in [-0.39, 0.29) is 27.9 Å². The summed E-state index contributed by atoms with van der Waals surface area (Å²) >= 11 is 0. The number of aromatic nitrogens is 1. The summed E-state index contributed by atoms with van der Waals surface area (Å²) in [5, 5.41) is 33.2. The van der Waals surface area contributed by atoms with Gasteiger partial charge in [0.1, 0.15) is 17.2 Å². The molecule has 0 atom stereocenters. The molecule has 2 rings (SSSR count). The molecule has 0 saturated carbocycles. The van der Waals surface area contributed by atoms with E-state index in [0.29, 0.717) is 0 Å². The summed E-state index contributed by atoms with van der Waals surface area (Å²) in [5.41, 5.74) is 0.760. The number of rotatable bonds is 4. The molecule has 1 aromatic heterocycles. The molecule has 2 aromatic rings. The predicted molar refractivity (Wildman–Crippen MR) is 86.3 cm³/mol. The summed E-state index contributed by atoms with van der Waals surface area (Å²) < 4.78 is 0. The largest absolute Gasteiger partial charge is 0.494 e. The molecule has 126 valence electrons. The van der Waals surface area contributed by atoms with E-state index < -0.39 is 22.3 Å². The minimum Gasteiger partial charge on any atom is -0.494 e. The number of para-hydroxylation sites is 1. The highest BCUT2D eigenvalue weighted by Gasteiger charge is 2.18. The van der Waals surface area contributed by atoms with Crippen LogP contribution in [0, 0.1) is 28.4 Å². The first-order valence-electron chi connectivity index (χ1n) is 6.79. The lowest BCUT2D eigenvalue weighted by Crippen LogP contribution is -2.19. The molecule has 0 bridgehead atoms. The van der Waals surface area contributed by atoms with Gasteiger partial charge in [0.15, 0.2) is 0 Å². The van der Waals surface area contributed by atoms with Crippen LogP contribution in [0.2, 0.25) is 0 Å². The number of nitro benzene ring substituents is 1. The summed E-state index contributed by atoms with van der Waals surface area (Å²) in [4.78, 5) is 35.8. The Morgan fingerprint density at radius 3 is 2.80 bits per heavy atom. The third-order valence-corrected chi connectivity index (χ3v) is 3.31. The molecule has 0 radical (unpaired) electrons. The van der Waals surface area contributed by atoms with Crippen LogP contribution in [-0.4, -0.2) is 27.1 Å². The van der Waals surface area contributed by atoms with Gasteiger partial charge in [-0.2, -0.15) is 10.4 Å². The zero-order chi connectivity index (χ0) is 18.6. The summed E-state index contributed by atoms with van der Waals surface area (Å²) in [5.74, 6) is -1.35. The number of carbonyl (C=O) groups excluding carboxylic acids is 1. The smallest absolute Gasteiger partial charge is 0.282 e. The van der Waals surface area contributed by atoms with Crippen LogP contribution in [0.5, 0.6) is 5.88 Å². The number of aromatic amines is 1. The van der Waals surface area contributed by atoms with Crippen molar-refractivity contribution in [3.63, 3.8) is 0 Å². The number of hydrazone groups is 1. The number of pyridine rings is 1. The highest BCUT2D eigenvalue weighted by atomic mass is 16.6. The van der Waals surface area contributed by atoms with Gasteiger partial charge in [-0.3, -0.25) is 24.7 Å². The number of hydrogen-bond donors (Lipinski definition) is 3. The lowest BCUT2D eigenvalue weighted by molar-refractivity contribution is -0.385. The van der Waals surface area contributed by atoms with Gasteiger partial charge in [-0.15, -0.1) is 0 Å². The van der Waals surface area contributed by atoms with Crippen molar-refractivity contribution in [2.45, 2.75) is 6.92 Å². The molecular weight excluding hydrogens is 330 g/mol. The Balaban J connectivity index is 2.29. The average molecular weight is 341 g/mol. The Bertz CT molecular complexity index is 987. The summed E-state index contributed by atoms with van der Waals surface area (Å²) in [6, 6.07) is 7.02. The first-order chi connectivity index (χ1) is 11.9. The zero-order valence-electron chi connectivity index (χ0n) is 12.8. The van der Waals surface area contributed by atoms with Gasteiger partial charge in [-0.1, -0.05) is 12.1 Å². The molecule has 0 spiro atoms. The van der Waals surface area contributed by atoms with Crippen LogP contribution in [-0.2, 0) is 0 Å². The molecule has 3 N–H and O–H groups in total. The van der Waals surface area contributed by atoms with Gasteiger partial charge in [0.05, 0.1) is 16.7 Å². The maximum Gasteiger partial charge on any atom is 0.282 e. The molecule has 10 nitrogen and oxygen atoms in total. The number of benzene rings is 1. The van der Waals surface area contributed by atoms with Gasteiger partial charge < -0.3 is 5.11 Å². The van der Waals surface area contributed by atoms with Gasteiger partial charge in [0, 0.05) is 6.07 Å². The van der Waals surface area contributed by atoms with Crippen LogP contribution in [0.25, 0.3) is 0 Å². The van der Waals surface area contributed by atoms with E-state index >= 15 is 0 Å². The average Bonchev–Trinajstić information content (AvgIpc) is 2.57. The molecule has 1 aromatic carbocycles. The van der Waals surface area contributed by atoms with Crippen molar-refractivity contribution in [3.8, 4) is 11.9 Å². The third-order valence-electron chi connectivity index (χ3n) is 3.31. The van der Waals surface area contributed by atoms with Crippen LogP contribution in [0.15, 0.2) is 34.2 Å². The topological polar surface area (TPSA) is 161 Å². The van der Waals surface area contributed by atoms with E-state index in [1.807, 2.05) is 0 Å². The van der Waals surface area contributed by atoms with Crippen LogP contribution >= 0.6 is 0 Å². The second-order valence-corrected chi connectivity index (χ2v) is 4.80. The van der Waals surface area contributed by atoms with E-state index in [1.165, 1.54) is 31.2 Å².